The maximum Gasteiger partial charge on any atom is 0.263 e. The molecule has 0 aliphatic rings. The zero-order valence-electron chi connectivity index (χ0n) is 16.7. The minimum absolute atomic E-state index is 0.00567. The third-order valence-corrected chi connectivity index (χ3v) is 6.08. The number of carbonyl (C=O) groups excluding carboxylic acids is 1. The molecular weight excluding hydrogens is 440 g/mol. The van der Waals surface area contributed by atoms with Crippen molar-refractivity contribution in [2.75, 3.05) is 21.0 Å². The van der Waals surface area contributed by atoms with Crippen molar-refractivity contribution < 1.29 is 21.6 Å². The summed E-state index contributed by atoms with van der Waals surface area (Å²) in [5.74, 6) is -0.281. The van der Waals surface area contributed by atoms with E-state index >= 15 is 0 Å². The molecule has 0 aliphatic heterocycles. The summed E-state index contributed by atoms with van der Waals surface area (Å²) in [6, 6.07) is 15.1. The molecule has 1 amide bonds. The Morgan fingerprint density at radius 3 is 2.23 bits per heavy atom. The van der Waals surface area contributed by atoms with Gasteiger partial charge in [0.2, 0.25) is 10.0 Å². The number of hydrogen-bond donors (Lipinski definition) is 3. The van der Waals surface area contributed by atoms with E-state index in [-0.39, 0.29) is 16.3 Å². The maximum atomic E-state index is 12.5. The van der Waals surface area contributed by atoms with E-state index in [1.165, 1.54) is 42.6 Å². The molecular formula is C20H20N4O5S2. The maximum absolute atomic E-state index is 12.5. The smallest absolute Gasteiger partial charge is 0.263 e. The first-order valence-corrected chi connectivity index (χ1v) is 12.3. The molecule has 0 radical (unpaired) electrons. The van der Waals surface area contributed by atoms with E-state index in [1.54, 1.807) is 31.2 Å². The molecule has 0 spiro atoms. The molecule has 3 rings (SSSR count). The largest absolute Gasteiger partial charge is 0.322 e. The quantitative estimate of drug-likeness (QED) is 0.496. The number of amides is 1. The first-order valence-electron chi connectivity index (χ1n) is 8.97. The van der Waals surface area contributed by atoms with Crippen LogP contribution in [0.3, 0.4) is 0 Å². The SMILES string of the molecule is Cc1ccc(C(=O)Nc2ccc(S(=O)(=O)Nc3ccccn3)cc2)cc1NS(C)(=O)=O. The molecule has 0 saturated carbocycles. The number of sulfonamides is 2. The molecule has 0 atom stereocenters. The van der Waals surface area contributed by atoms with Crippen LogP contribution in [0.2, 0.25) is 0 Å². The number of pyridine rings is 1. The Morgan fingerprint density at radius 1 is 0.903 bits per heavy atom. The lowest BCUT2D eigenvalue weighted by atomic mass is 10.1. The van der Waals surface area contributed by atoms with Gasteiger partial charge < -0.3 is 5.32 Å². The second-order valence-electron chi connectivity index (χ2n) is 6.70. The van der Waals surface area contributed by atoms with Gasteiger partial charge in [0, 0.05) is 17.4 Å². The number of anilines is 3. The van der Waals surface area contributed by atoms with Gasteiger partial charge in [0.05, 0.1) is 16.8 Å². The van der Waals surface area contributed by atoms with Gasteiger partial charge in [-0.3, -0.25) is 14.2 Å². The van der Waals surface area contributed by atoms with E-state index < -0.39 is 26.0 Å². The van der Waals surface area contributed by atoms with Crippen LogP contribution in [0.4, 0.5) is 17.2 Å². The van der Waals surface area contributed by atoms with E-state index in [9.17, 15) is 21.6 Å². The van der Waals surface area contributed by atoms with Gasteiger partial charge in [0.25, 0.3) is 15.9 Å². The average molecular weight is 461 g/mol. The molecule has 11 heteroatoms. The van der Waals surface area contributed by atoms with Crippen LogP contribution in [0, 0.1) is 6.92 Å². The number of carbonyl (C=O) groups is 1. The predicted octanol–water partition coefficient (Wildman–Crippen LogP) is 2.81. The van der Waals surface area contributed by atoms with Crippen LogP contribution >= 0.6 is 0 Å². The zero-order chi connectivity index (χ0) is 22.6. The average Bonchev–Trinajstić information content (AvgIpc) is 2.69. The molecule has 9 nitrogen and oxygen atoms in total. The third kappa shape index (κ3) is 6.03. The monoisotopic (exact) mass is 460 g/mol. The van der Waals surface area contributed by atoms with Crippen molar-refractivity contribution in [2.24, 2.45) is 0 Å². The van der Waals surface area contributed by atoms with E-state index in [0.29, 0.717) is 16.9 Å². The number of rotatable bonds is 7. The minimum Gasteiger partial charge on any atom is -0.322 e. The summed E-state index contributed by atoms with van der Waals surface area (Å²) in [7, 11) is -7.32. The molecule has 1 heterocycles. The Bertz CT molecular complexity index is 1310. The normalized spacial score (nSPS) is 11.5. The van der Waals surface area contributed by atoms with E-state index in [4.69, 9.17) is 0 Å². The predicted molar refractivity (Wildman–Crippen MR) is 119 cm³/mol. The lowest BCUT2D eigenvalue weighted by molar-refractivity contribution is 0.102. The van der Waals surface area contributed by atoms with Gasteiger partial charge in [0.15, 0.2) is 0 Å². The van der Waals surface area contributed by atoms with E-state index in [1.807, 2.05) is 0 Å². The van der Waals surface area contributed by atoms with Crippen LogP contribution in [-0.4, -0.2) is 34.0 Å². The van der Waals surface area contributed by atoms with E-state index in [2.05, 4.69) is 19.7 Å². The van der Waals surface area contributed by atoms with Crippen molar-refractivity contribution in [3.63, 3.8) is 0 Å². The summed E-state index contributed by atoms with van der Waals surface area (Å²) in [5, 5.41) is 2.65. The molecule has 3 N–H and O–H groups in total. The summed E-state index contributed by atoms with van der Waals surface area (Å²) < 4.78 is 52.6. The number of aryl methyl sites for hydroxylation is 1. The van der Waals surface area contributed by atoms with Gasteiger partial charge in [-0.2, -0.15) is 0 Å². The van der Waals surface area contributed by atoms with Crippen molar-refractivity contribution in [3.8, 4) is 0 Å². The lowest BCUT2D eigenvalue weighted by Gasteiger charge is -2.11. The van der Waals surface area contributed by atoms with Gasteiger partial charge in [-0.15, -0.1) is 0 Å². The Hall–Kier alpha value is -3.44. The zero-order valence-corrected chi connectivity index (χ0v) is 18.3. The van der Waals surface area contributed by atoms with Gasteiger partial charge in [-0.1, -0.05) is 12.1 Å². The fourth-order valence-corrected chi connectivity index (χ4v) is 4.24. The van der Waals surface area contributed by atoms with Crippen LogP contribution in [0.25, 0.3) is 0 Å². The molecule has 2 aromatic carbocycles. The summed E-state index contributed by atoms with van der Waals surface area (Å²) >= 11 is 0. The van der Waals surface area contributed by atoms with Crippen molar-refractivity contribution in [1.29, 1.82) is 0 Å². The number of nitrogens with zero attached hydrogens (tertiary/aromatic N) is 1. The van der Waals surface area contributed by atoms with Crippen molar-refractivity contribution in [1.82, 2.24) is 4.98 Å². The fraction of sp³-hybridized carbons (Fsp3) is 0.100. The number of benzene rings is 2. The third-order valence-electron chi connectivity index (χ3n) is 4.12. The van der Waals surface area contributed by atoms with Crippen LogP contribution in [0.5, 0.6) is 0 Å². The van der Waals surface area contributed by atoms with Crippen molar-refractivity contribution in [3.05, 3.63) is 78.0 Å². The van der Waals surface area contributed by atoms with Gasteiger partial charge in [0.1, 0.15) is 5.82 Å². The summed E-state index contributed by atoms with van der Waals surface area (Å²) in [6.07, 6.45) is 2.50. The molecule has 0 unspecified atom stereocenters. The minimum atomic E-state index is -3.83. The van der Waals surface area contributed by atoms with Crippen LogP contribution in [0.15, 0.2) is 71.8 Å². The van der Waals surface area contributed by atoms with Crippen LogP contribution in [0.1, 0.15) is 15.9 Å². The Kier molecular flexibility index (Phi) is 6.27. The number of nitrogens with one attached hydrogen (secondary N) is 3. The topological polar surface area (TPSA) is 134 Å². The standard InChI is InChI=1S/C20H20N4O5S2/c1-14-6-7-15(13-18(14)23-30(2,26)27)20(25)22-16-8-10-17(11-9-16)31(28,29)24-19-5-3-4-12-21-19/h3-13,23H,1-2H3,(H,21,24)(H,22,25). The van der Waals surface area contributed by atoms with E-state index in [0.717, 1.165) is 6.26 Å². The molecule has 162 valence electrons. The molecule has 0 aliphatic carbocycles. The highest BCUT2D eigenvalue weighted by molar-refractivity contribution is 7.92. The van der Waals surface area contributed by atoms with Gasteiger partial charge in [-0.05, 0) is 61.0 Å². The highest BCUT2D eigenvalue weighted by atomic mass is 32.2. The molecule has 0 bridgehead atoms. The highest BCUT2D eigenvalue weighted by Gasteiger charge is 2.15. The summed E-state index contributed by atoms with van der Waals surface area (Å²) in [5.41, 5.74) is 1.58. The second-order valence-corrected chi connectivity index (χ2v) is 10.1. The highest BCUT2D eigenvalue weighted by Crippen LogP contribution is 2.21. The number of aromatic nitrogens is 1. The molecule has 0 fully saturated rings. The fourth-order valence-electron chi connectivity index (χ4n) is 2.61. The Labute approximate surface area is 180 Å². The Morgan fingerprint density at radius 2 is 1.61 bits per heavy atom. The van der Waals surface area contributed by atoms with Gasteiger partial charge >= 0.3 is 0 Å². The number of hydrogen-bond acceptors (Lipinski definition) is 6. The van der Waals surface area contributed by atoms with Gasteiger partial charge in [-0.25, -0.2) is 21.8 Å². The molecule has 0 saturated heterocycles. The molecule has 1 aromatic heterocycles. The van der Waals surface area contributed by atoms with Crippen molar-refractivity contribution in [2.45, 2.75) is 11.8 Å². The first-order chi connectivity index (χ1) is 14.5. The lowest BCUT2D eigenvalue weighted by Crippen LogP contribution is -2.15. The summed E-state index contributed by atoms with van der Waals surface area (Å²) in [6.45, 7) is 1.72. The van der Waals surface area contributed by atoms with Crippen LogP contribution in [-0.2, 0) is 20.0 Å². The van der Waals surface area contributed by atoms with Crippen molar-refractivity contribution >= 4 is 43.1 Å². The molecule has 31 heavy (non-hydrogen) atoms. The van der Waals surface area contributed by atoms with Crippen LogP contribution < -0.4 is 14.8 Å². The Balaban J connectivity index is 1.74. The first kappa shape index (κ1) is 22.2. The summed E-state index contributed by atoms with van der Waals surface area (Å²) in [4.78, 5) is 16.5. The second kappa shape index (κ2) is 8.74. The molecule has 3 aromatic rings.